The van der Waals surface area contributed by atoms with Gasteiger partial charge in [-0.05, 0) is 40.8 Å². The molecular formula is C25H22ClN3O5. The number of pyridine rings is 1. The Balaban J connectivity index is 1.42. The molecule has 1 unspecified atom stereocenters. The van der Waals surface area contributed by atoms with Crippen LogP contribution in [0.3, 0.4) is 0 Å². The zero-order valence-corrected chi connectivity index (χ0v) is 18.8. The highest BCUT2D eigenvalue weighted by atomic mass is 35.5. The Hall–Kier alpha value is -3.91. The standard InChI is InChI=1S/C25H22ClN3O5/c26-22-11-9-15(13-27-22)28-24(32)21(10-12-23(30)31)29-25(33)34-14-20-18-7-3-1-5-16(18)17-6-2-4-8-19(17)20/h1-9,11,13,20-21H,10,12,14H2,(H,28,32)(H,29,33)(H,30,31). The Morgan fingerprint density at radius 1 is 1.00 bits per heavy atom. The second-order valence-corrected chi connectivity index (χ2v) is 8.20. The number of benzene rings is 2. The second-order valence-electron chi connectivity index (χ2n) is 7.81. The lowest BCUT2D eigenvalue weighted by Gasteiger charge is -2.19. The van der Waals surface area contributed by atoms with Crippen LogP contribution in [0.25, 0.3) is 11.1 Å². The average molecular weight is 480 g/mol. The van der Waals surface area contributed by atoms with Crippen LogP contribution in [-0.2, 0) is 14.3 Å². The van der Waals surface area contributed by atoms with Crippen LogP contribution in [-0.4, -0.2) is 40.7 Å². The highest BCUT2D eigenvalue weighted by Crippen LogP contribution is 2.44. The molecule has 1 heterocycles. The van der Waals surface area contributed by atoms with Crippen LogP contribution in [0.1, 0.15) is 29.9 Å². The summed E-state index contributed by atoms with van der Waals surface area (Å²) in [5.74, 6) is -1.80. The normalized spacial score (nSPS) is 12.9. The first kappa shape index (κ1) is 23.3. The number of aliphatic carboxylic acids is 1. The lowest BCUT2D eigenvalue weighted by atomic mass is 9.98. The highest BCUT2D eigenvalue weighted by molar-refractivity contribution is 6.29. The second kappa shape index (κ2) is 10.4. The Kier molecular flexibility index (Phi) is 7.08. The summed E-state index contributed by atoms with van der Waals surface area (Å²) in [6.45, 7) is 0.0776. The molecular weight excluding hydrogens is 458 g/mol. The molecule has 1 aliphatic carbocycles. The van der Waals surface area contributed by atoms with Crippen molar-refractivity contribution in [3.63, 3.8) is 0 Å². The molecule has 0 bridgehead atoms. The van der Waals surface area contributed by atoms with Gasteiger partial charge in [-0.1, -0.05) is 60.1 Å². The topological polar surface area (TPSA) is 118 Å². The van der Waals surface area contributed by atoms with Gasteiger partial charge in [-0.2, -0.15) is 0 Å². The number of carboxylic acids is 1. The van der Waals surface area contributed by atoms with Crippen LogP contribution in [0.5, 0.6) is 0 Å². The summed E-state index contributed by atoms with van der Waals surface area (Å²) in [6, 6.07) is 17.8. The van der Waals surface area contributed by atoms with Crippen molar-refractivity contribution in [3.8, 4) is 11.1 Å². The Morgan fingerprint density at radius 2 is 1.65 bits per heavy atom. The number of hydrogen-bond donors (Lipinski definition) is 3. The first-order valence-electron chi connectivity index (χ1n) is 10.7. The largest absolute Gasteiger partial charge is 0.481 e. The summed E-state index contributed by atoms with van der Waals surface area (Å²) < 4.78 is 5.49. The molecule has 4 rings (SSSR count). The van der Waals surface area contributed by atoms with Gasteiger partial charge in [0.2, 0.25) is 5.91 Å². The molecule has 174 valence electrons. The quantitative estimate of drug-likeness (QED) is 0.411. The van der Waals surface area contributed by atoms with Gasteiger partial charge in [0.15, 0.2) is 0 Å². The molecule has 3 aromatic rings. The van der Waals surface area contributed by atoms with Gasteiger partial charge in [0.05, 0.1) is 11.9 Å². The third-order valence-electron chi connectivity index (χ3n) is 5.59. The minimum Gasteiger partial charge on any atom is -0.481 e. The van der Waals surface area contributed by atoms with Gasteiger partial charge in [-0.15, -0.1) is 0 Å². The monoisotopic (exact) mass is 479 g/mol. The maximum atomic E-state index is 12.7. The van der Waals surface area contributed by atoms with E-state index in [1.54, 1.807) is 6.07 Å². The molecule has 1 atom stereocenters. The van der Waals surface area contributed by atoms with Gasteiger partial charge in [-0.3, -0.25) is 9.59 Å². The average Bonchev–Trinajstić information content (AvgIpc) is 3.15. The van der Waals surface area contributed by atoms with Crippen molar-refractivity contribution >= 4 is 35.3 Å². The SMILES string of the molecule is O=C(O)CCC(NC(=O)OCC1c2ccccc2-c2ccccc21)C(=O)Nc1ccc(Cl)nc1. The van der Waals surface area contributed by atoms with Gasteiger partial charge < -0.3 is 20.5 Å². The number of nitrogens with zero attached hydrogens (tertiary/aromatic N) is 1. The van der Waals surface area contributed by atoms with Crippen molar-refractivity contribution in [1.82, 2.24) is 10.3 Å². The van der Waals surface area contributed by atoms with E-state index in [4.69, 9.17) is 21.4 Å². The van der Waals surface area contributed by atoms with Crippen LogP contribution < -0.4 is 10.6 Å². The van der Waals surface area contributed by atoms with E-state index in [-0.39, 0.29) is 30.5 Å². The van der Waals surface area contributed by atoms with Gasteiger partial charge >= 0.3 is 12.1 Å². The summed E-state index contributed by atoms with van der Waals surface area (Å²) >= 11 is 5.75. The molecule has 0 spiro atoms. The summed E-state index contributed by atoms with van der Waals surface area (Å²) in [5.41, 5.74) is 4.69. The molecule has 0 saturated carbocycles. The lowest BCUT2D eigenvalue weighted by Crippen LogP contribution is -2.44. The van der Waals surface area contributed by atoms with Gasteiger partial charge in [0.25, 0.3) is 0 Å². The number of rotatable bonds is 8. The first-order chi connectivity index (χ1) is 16.4. The van der Waals surface area contributed by atoms with Gasteiger partial charge in [0.1, 0.15) is 17.8 Å². The fourth-order valence-corrected chi connectivity index (χ4v) is 4.11. The number of halogens is 1. The van der Waals surface area contributed by atoms with E-state index in [2.05, 4.69) is 15.6 Å². The number of carbonyl (C=O) groups excluding carboxylic acids is 2. The van der Waals surface area contributed by atoms with Crippen LogP contribution in [0.4, 0.5) is 10.5 Å². The van der Waals surface area contributed by atoms with E-state index in [1.807, 2.05) is 48.5 Å². The van der Waals surface area contributed by atoms with E-state index in [0.717, 1.165) is 22.3 Å². The fraction of sp³-hybridized carbons (Fsp3) is 0.200. The number of nitrogens with one attached hydrogen (secondary N) is 2. The molecule has 0 fully saturated rings. The number of hydrogen-bond acceptors (Lipinski definition) is 5. The predicted octanol–water partition coefficient (Wildman–Crippen LogP) is 4.45. The van der Waals surface area contributed by atoms with Crippen LogP contribution >= 0.6 is 11.6 Å². The number of alkyl carbamates (subject to hydrolysis) is 1. The van der Waals surface area contributed by atoms with Gasteiger partial charge in [-0.25, -0.2) is 9.78 Å². The number of anilines is 1. The summed E-state index contributed by atoms with van der Waals surface area (Å²) in [6.07, 6.45) is 0.149. The number of carbonyl (C=O) groups is 3. The third-order valence-corrected chi connectivity index (χ3v) is 5.82. The molecule has 0 radical (unpaired) electrons. The number of carboxylic acid groups (broad SMARTS) is 1. The Labute approximate surface area is 200 Å². The molecule has 1 aromatic heterocycles. The van der Waals surface area contributed by atoms with Crippen molar-refractivity contribution in [2.24, 2.45) is 0 Å². The lowest BCUT2D eigenvalue weighted by molar-refractivity contribution is -0.137. The molecule has 0 saturated heterocycles. The summed E-state index contributed by atoms with van der Waals surface area (Å²) in [4.78, 5) is 40.2. The van der Waals surface area contributed by atoms with E-state index in [0.29, 0.717) is 5.69 Å². The minimum atomic E-state index is -1.11. The number of ether oxygens (including phenoxy) is 1. The van der Waals surface area contributed by atoms with Crippen molar-refractivity contribution in [2.75, 3.05) is 11.9 Å². The fourth-order valence-electron chi connectivity index (χ4n) is 4.00. The summed E-state index contributed by atoms with van der Waals surface area (Å²) in [5, 5.41) is 14.4. The zero-order chi connectivity index (χ0) is 24.1. The third kappa shape index (κ3) is 5.35. The van der Waals surface area contributed by atoms with Crippen LogP contribution in [0.2, 0.25) is 5.15 Å². The molecule has 2 amide bonds. The van der Waals surface area contributed by atoms with E-state index < -0.39 is 24.0 Å². The summed E-state index contributed by atoms with van der Waals surface area (Å²) in [7, 11) is 0. The molecule has 1 aliphatic rings. The van der Waals surface area contributed by atoms with Crippen LogP contribution in [0, 0.1) is 0 Å². The highest BCUT2D eigenvalue weighted by Gasteiger charge is 2.30. The molecule has 9 heteroatoms. The Morgan fingerprint density at radius 3 is 2.24 bits per heavy atom. The first-order valence-corrected chi connectivity index (χ1v) is 11.1. The number of amides is 2. The molecule has 2 aromatic carbocycles. The molecule has 3 N–H and O–H groups in total. The number of fused-ring (bicyclic) bond motifs is 3. The van der Waals surface area contributed by atoms with Crippen LogP contribution in [0.15, 0.2) is 66.9 Å². The molecule has 8 nitrogen and oxygen atoms in total. The maximum absolute atomic E-state index is 12.7. The van der Waals surface area contributed by atoms with E-state index >= 15 is 0 Å². The minimum absolute atomic E-state index is 0.0776. The van der Waals surface area contributed by atoms with Crippen molar-refractivity contribution in [3.05, 3.63) is 83.1 Å². The van der Waals surface area contributed by atoms with Crippen molar-refractivity contribution < 1.29 is 24.2 Å². The Bertz CT molecular complexity index is 1170. The maximum Gasteiger partial charge on any atom is 0.407 e. The molecule has 34 heavy (non-hydrogen) atoms. The van der Waals surface area contributed by atoms with E-state index in [9.17, 15) is 14.4 Å². The van der Waals surface area contributed by atoms with Gasteiger partial charge in [0, 0.05) is 12.3 Å². The molecule has 0 aliphatic heterocycles. The predicted molar refractivity (Wildman–Crippen MR) is 127 cm³/mol. The van der Waals surface area contributed by atoms with Crippen molar-refractivity contribution in [2.45, 2.75) is 24.8 Å². The zero-order valence-electron chi connectivity index (χ0n) is 18.0. The van der Waals surface area contributed by atoms with E-state index in [1.165, 1.54) is 12.3 Å². The van der Waals surface area contributed by atoms with Crippen molar-refractivity contribution in [1.29, 1.82) is 0 Å². The smallest absolute Gasteiger partial charge is 0.407 e. The number of aromatic nitrogens is 1.